The van der Waals surface area contributed by atoms with Crippen molar-refractivity contribution < 1.29 is 57.6 Å². The molecule has 0 heterocycles. The molecular formula is C54H50N8O12. The van der Waals surface area contributed by atoms with Gasteiger partial charge in [0.05, 0.1) is 24.9 Å². The lowest BCUT2D eigenvalue weighted by Gasteiger charge is -2.10. The molecule has 6 aromatic rings. The summed E-state index contributed by atoms with van der Waals surface area (Å²) in [5, 5.41) is 25.3. The normalized spacial score (nSPS) is 11.1. The number of ether oxygens (including phenoxy) is 5. The van der Waals surface area contributed by atoms with Crippen molar-refractivity contribution in [3.63, 3.8) is 0 Å². The van der Waals surface area contributed by atoms with Gasteiger partial charge in [-0.3, -0.25) is 28.8 Å². The van der Waals surface area contributed by atoms with Gasteiger partial charge in [0.25, 0.3) is 23.6 Å². The Balaban J connectivity index is 0.835. The quantitative estimate of drug-likeness (QED) is 0.0267. The molecule has 0 bridgehead atoms. The van der Waals surface area contributed by atoms with Crippen LogP contribution in [-0.2, 0) is 19.2 Å². The van der Waals surface area contributed by atoms with Crippen LogP contribution in [0.2, 0.25) is 0 Å². The Morgan fingerprint density at radius 3 is 1.19 bits per heavy atom. The van der Waals surface area contributed by atoms with Crippen molar-refractivity contribution in [1.82, 2.24) is 21.7 Å². The number of benzene rings is 6. The fraction of sp³-hybridized carbons (Fsp3) is 0.148. The molecule has 20 heteroatoms. The van der Waals surface area contributed by atoms with Gasteiger partial charge in [-0.2, -0.15) is 20.4 Å². The van der Waals surface area contributed by atoms with Crippen molar-refractivity contribution in [2.45, 2.75) is 20.8 Å². The van der Waals surface area contributed by atoms with Gasteiger partial charge in [0.15, 0.2) is 44.6 Å². The van der Waals surface area contributed by atoms with Crippen LogP contribution in [0, 0.1) is 13.8 Å². The van der Waals surface area contributed by atoms with E-state index in [1.165, 1.54) is 37.8 Å². The number of carbonyl (C=O) groups excluding carboxylic acids is 6. The maximum Gasteiger partial charge on any atom is 0.277 e. The highest BCUT2D eigenvalue weighted by Crippen LogP contribution is 2.21. The van der Waals surface area contributed by atoms with Crippen molar-refractivity contribution in [1.29, 1.82) is 0 Å². The van der Waals surface area contributed by atoms with Gasteiger partial charge in [0.1, 0.15) is 34.5 Å². The second-order valence-electron chi connectivity index (χ2n) is 15.9. The summed E-state index contributed by atoms with van der Waals surface area (Å²) >= 11 is 0. The van der Waals surface area contributed by atoms with Gasteiger partial charge in [0.2, 0.25) is 0 Å². The molecule has 20 nitrogen and oxygen atoms in total. The van der Waals surface area contributed by atoms with Crippen LogP contribution >= 0.6 is 0 Å². The number of Topliss-reactive ketones (excluding diaryl/α,β-unsaturated/α-hetero) is 2. The van der Waals surface area contributed by atoms with Crippen LogP contribution in [0.4, 0.5) is 0 Å². The minimum absolute atomic E-state index is 0.0787. The second-order valence-corrected chi connectivity index (χ2v) is 15.9. The number of aryl methyl sites for hydroxylation is 2. The molecule has 74 heavy (non-hydrogen) atoms. The summed E-state index contributed by atoms with van der Waals surface area (Å²) in [6, 6.07) is 36.2. The molecule has 0 atom stereocenters. The summed E-state index contributed by atoms with van der Waals surface area (Å²) in [6.45, 7) is 3.53. The third-order valence-corrected chi connectivity index (χ3v) is 10.0. The van der Waals surface area contributed by atoms with Crippen LogP contribution in [0.3, 0.4) is 0 Å². The predicted molar refractivity (Wildman–Crippen MR) is 275 cm³/mol. The Hall–Kier alpha value is -9.98. The Morgan fingerprint density at radius 1 is 0.432 bits per heavy atom. The van der Waals surface area contributed by atoms with Crippen LogP contribution in [0.5, 0.6) is 34.5 Å². The van der Waals surface area contributed by atoms with E-state index in [2.05, 4.69) is 42.1 Å². The second kappa shape index (κ2) is 27.4. The molecule has 0 aromatic heterocycles. The molecule has 0 saturated carbocycles. The van der Waals surface area contributed by atoms with E-state index in [9.17, 15) is 33.9 Å². The van der Waals surface area contributed by atoms with E-state index >= 15 is 0 Å². The third-order valence-electron chi connectivity index (χ3n) is 10.0. The van der Waals surface area contributed by atoms with E-state index < -0.39 is 23.6 Å². The van der Waals surface area contributed by atoms with Gasteiger partial charge in [0, 0.05) is 11.1 Å². The molecule has 0 spiro atoms. The first-order valence-electron chi connectivity index (χ1n) is 22.5. The van der Waals surface area contributed by atoms with E-state index in [0.717, 1.165) is 5.56 Å². The number of hydrogen-bond donors (Lipinski definition) is 5. The zero-order chi connectivity index (χ0) is 52.7. The summed E-state index contributed by atoms with van der Waals surface area (Å²) in [6.07, 6.45) is 5.71. The van der Waals surface area contributed by atoms with Gasteiger partial charge in [-0.05, 0) is 151 Å². The first-order valence-corrected chi connectivity index (χ1v) is 22.5. The number of hydrazone groups is 4. The van der Waals surface area contributed by atoms with Crippen molar-refractivity contribution >= 4 is 60.1 Å². The van der Waals surface area contributed by atoms with E-state index in [4.69, 9.17) is 23.7 Å². The molecule has 0 aliphatic heterocycles. The highest BCUT2D eigenvalue weighted by atomic mass is 16.5. The molecular weight excluding hydrogens is 953 g/mol. The zero-order valence-corrected chi connectivity index (χ0v) is 40.3. The fourth-order valence-corrected chi connectivity index (χ4v) is 6.23. The topological polar surface area (TPSA) is 266 Å². The maximum atomic E-state index is 13.0. The van der Waals surface area contributed by atoms with E-state index in [0.29, 0.717) is 67.7 Å². The number of nitrogens with one attached hydrogen (secondary N) is 4. The molecule has 4 amide bonds. The van der Waals surface area contributed by atoms with E-state index in [-0.39, 0.29) is 50.4 Å². The number of aromatic hydroxyl groups is 1. The molecule has 0 fully saturated rings. The molecule has 6 aromatic carbocycles. The minimum Gasteiger partial charge on any atom is -0.508 e. The number of carbonyl (C=O) groups is 6. The molecule has 378 valence electrons. The molecule has 0 aliphatic rings. The SMILES string of the molecule is CC(=O)c1cccc(/C=N/NC(=O)COc2ccc(OCC(=O)N/N=C/c3cccc(C(=O)COc4ccc(/C=N/NC(=O)COc5ccc(OCC(=O)N/N=C/c6ccc(O)c(C)c6)cc5)cc4C)c3)cc2)c1. The van der Waals surface area contributed by atoms with Gasteiger partial charge in [-0.25, -0.2) is 21.7 Å². The Kier molecular flexibility index (Phi) is 19.8. The molecule has 0 aliphatic carbocycles. The third kappa shape index (κ3) is 18.1. The Labute approximate surface area is 424 Å². The van der Waals surface area contributed by atoms with Crippen molar-refractivity contribution in [2.75, 3.05) is 33.0 Å². The Bertz CT molecular complexity index is 3080. The summed E-state index contributed by atoms with van der Waals surface area (Å²) in [5.74, 6) is -0.179. The summed E-state index contributed by atoms with van der Waals surface area (Å²) in [4.78, 5) is 73.6. The Morgan fingerprint density at radius 2 is 0.797 bits per heavy atom. The van der Waals surface area contributed by atoms with Crippen LogP contribution in [-0.4, -0.2) is 98.2 Å². The monoisotopic (exact) mass is 1000 g/mol. The van der Waals surface area contributed by atoms with Gasteiger partial charge >= 0.3 is 0 Å². The highest BCUT2D eigenvalue weighted by molar-refractivity contribution is 5.99. The fourth-order valence-electron chi connectivity index (χ4n) is 6.23. The first kappa shape index (κ1) is 53.4. The largest absolute Gasteiger partial charge is 0.508 e. The van der Waals surface area contributed by atoms with Gasteiger partial charge in [-0.1, -0.05) is 36.4 Å². The maximum absolute atomic E-state index is 13.0. The van der Waals surface area contributed by atoms with Crippen molar-refractivity contribution in [3.05, 3.63) is 178 Å². The number of phenols is 1. The smallest absolute Gasteiger partial charge is 0.277 e. The van der Waals surface area contributed by atoms with Crippen LogP contribution in [0.25, 0.3) is 0 Å². The lowest BCUT2D eigenvalue weighted by atomic mass is 10.1. The number of hydrogen-bond acceptors (Lipinski definition) is 16. The number of phenolic OH excluding ortho intramolecular Hbond substituents is 1. The molecule has 0 saturated heterocycles. The van der Waals surface area contributed by atoms with Crippen LogP contribution in [0.15, 0.2) is 154 Å². The lowest BCUT2D eigenvalue weighted by Crippen LogP contribution is -2.25. The molecule has 0 unspecified atom stereocenters. The first-order chi connectivity index (χ1) is 35.8. The number of rotatable bonds is 25. The van der Waals surface area contributed by atoms with Crippen LogP contribution in [0.1, 0.15) is 61.0 Å². The summed E-state index contributed by atoms with van der Waals surface area (Å²) in [7, 11) is 0. The minimum atomic E-state index is -0.532. The van der Waals surface area contributed by atoms with E-state index in [1.54, 1.807) is 141 Å². The predicted octanol–water partition coefficient (Wildman–Crippen LogP) is 5.59. The van der Waals surface area contributed by atoms with Crippen molar-refractivity contribution in [3.8, 4) is 34.5 Å². The standard InChI is InChI=1S/C54H50N8O12/c1-35-22-40(10-20-48(35)64)28-57-61-53(68)33-72-46-16-18-47(19-17-46)73-34-54(69)62-58-29-41-11-21-50(36(2)23-41)74-30-49(65)43-9-5-7-39(25-43)27-56-60-52(67)32-71-45-14-12-44(13-15-45)70-31-51(66)59-55-26-38-6-4-8-42(24-38)37(3)63/h4-29,64H,30-34H2,1-3H3,(H,59,66)(H,60,67)(H,61,68)(H,62,69)/b55-26+,56-27+,57-28+,58-29+. The number of ketones is 2. The number of nitrogens with zero attached hydrogens (tertiary/aromatic N) is 4. The average molecular weight is 1000 g/mol. The van der Waals surface area contributed by atoms with Crippen LogP contribution < -0.4 is 45.4 Å². The van der Waals surface area contributed by atoms with Gasteiger partial charge in [-0.15, -0.1) is 0 Å². The summed E-state index contributed by atoms with van der Waals surface area (Å²) in [5.41, 5.74) is 14.4. The highest BCUT2D eigenvalue weighted by Gasteiger charge is 2.11. The van der Waals surface area contributed by atoms with E-state index in [1.807, 2.05) is 0 Å². The van der Waals surface area contributed by atoms with Gasteiger partial charge < -0.3 is 28.8 Å². The molecule has 6 rings (SSSR count). The molecule has 0 radical (unpaired) electrons. The van der Waals surface area contributed by atoms with Crippen molar-refractivity contribution in [2.24, 2.45) is 20.4 Å². The molecule has 5 N–H and O–H groups in total. The number of amides is 4. The lowest BCUT2D eigenvalue weighted by molar-refractivity contribution is -0.123. The average Bonchev–Trinajstić information content (AvgIpc) is 3.40. The summed E-state index contributed by atoms with van der Waals surface area (Å²) < 4.78 is 27.8. The zero-order valence-electron chi connectivity index (χ0n) is 40.3.